The maximum atomic E-state index is 14.7. The van der Waals surface area contributed by atoms with Crippen LogP contribution in [0.1, 0.15) is 32.2 Å². The number of likely N-dealkylation sites (N-methyl/N-ethyl adjacent to an activating group) is 1. The number of hydrogen-bond acceptors (Lipinski definition) is 8. The van der Waals surface area contributed by atoms with E-state index in [9.17, 15) is 22.4 Å². The molecule has 2 N–H and O–H groups in total. The fraction of sp³-hybridized carbons (Fsp3) is 0.500. The van der Waals surface area contributed by atoms with Crippen LogP contribution in [0, 0.1) is 0 Å². The van der Waals surface area contributed by atoms with E-state index in [2.05, 4.69) is 20.8 Å². The molecular formula is C22H23F4N5O3S2. The van der Waals surface area contributed by atoms with Gasteiger partial charge in [-0.15, -0.1) is 11.3 Å². The Bertz CT molecular complexity index is 1290. The summed E-state index contributed by atoms with van der Waals surface area (Å²) in [6.07, 6.45) is -0.876. The van der Waals surface area contributed by atoms with Crippen LogP contribution < -0.4 is 10.6 Å². The summed E-state index contributed by atoms with van der Waals surface area (Å²) in [7, 11) is 1.60. The molecule has 0 unspecified atom stereocenters. The third kappa shape index (κ3) is 4.98. The second-order valence-electron chi connectivity index (χ2n) is 9.37. The van der Waals surface area contributed by atoms with Gasteiger partial charge in [0.2, 0.25) is 5.82 Å². The Balaban J connectivity index is 1.54. The molecule has 2 saturated heterocycles. The van der Waals surface area contributed by atoms with Crippen LogP contribution in [0.2, 0.25) is 0 Å². The highest BCUT2D eigenvalue weighted by atomic mass is 32.2. The Labute approximate surface area is 211 Å². The molecule has 0 spiro atoms. The molecule has 2 amide bonds. The monoisotopic (exact) mass is 545 g/mol. The first-order chi connectivity index (χ1) is 16.9. The second-order valence-corrected chi connectivity index (χ2v) is 11.5. The van der Waals surface area contributed by atoms with E-state index >= 15 is 0 Å². The summed E-state index contributed by atoms with van der Waals surface area (Å²) in [6, 6.07) is 3.49. The molecule has 3 atom stereocenters. The average molecular weight is 546 g/mol. The minimum Gasteiger partial charge on any atom is -0.378 e. The maximum absolute atomic E-state index is 14.7. The topological polar surface area (TPSA) is 92.5 Å². The highest BCUT2D eigenvalue weighted by Gasteiger charge is 2.38. The lowest BCUT2D eigenvalue weighted by atomic mass is 9.92. The van der Waals surface area contributed by atoms with E-state index in [0.717, 1.165) is 11.3 Å². The zero-order valence-electron chi connectivity index (χ0n) is 19.5. The van der Waals surface area contributed by atoms with Gasteiger partial charge in [0.15, 0.2) is 0 Å². The zero-order chi connectivity index (χ0) is 25.8. The Morgan fingerprint density at radius 3 is 2.81 bits per heavy atom. The SMILES string of the molecule is CN1C[C@H](c2nc(-c3sc4c(N[C@@H]5CC(C)(C)OC[C@@H]5F)cccc4c3SC(F)(F)F)no2)NC1=O. The lowest BCUT2D eigenvalue weighted by molar-refractivity contribution is -0.0880. The number of rotatable bonds is 5. The van der Waals surface area contributed by atoms with Crippen molar-refractivity contribution in [1.82, 2.24) is 20.4 Å². The Morgan fingerprint density at radius 1 is 1.33 bits per heavy atom. The minimum absolute atomic E-state index is 0.0109. The van der Waals surface area contributed by atoms with Crippen molar-refractivity contribution < 1.29 is 31.6 Å². The molecule has 2 aliphatic rings. The number of alkyl halides is 4. The van der Waals surface area contributed by atoms with E-state index in [-0.39, 0.29) is 52.4 Å². The normalized spacial score (nSPS) is 24.4. The van der Waals surface area contributed by atoms with E-state index in [4.69, 9.17) is 9.26 Å². The van der Waals surface area contributed by atoms with Crippen molar-refractivity contribution in [2.45, 2.75) is 54.5 Å². The van der Waals surface area contributed by atoms with Crippen molar-refractivity contribution in [2.24, 2.45) is 0 Å². The molecule has 2 fully saturated rings. The first kappa shape index (κ1) is 25.1. The van der Waals surface area contributed by atoms with Crippen LogP contribution in [0.3, 0.4) is 0 Å². The number of nitrogens with zero attached hydrogens (tertiary/aromatic N) is 3. The quantitative estimate of drug-likeness (QED) is 0.320. The summed E-state index contributed by atoms with van der Waals surface area (Å²) in [5, 5.41) is 10.1. The second kappa shape index (κ2) is 9.06. The standard InChI is InChI=1S/C22H23F4N5O3S2/c1-21(2)7-13(11(23)9-33-21)27-12-6-4-5-10-15(12)35-17(16(10)36-22(24,25)26)18-29-19(34-30-18)14-8-31(3)20(32)28-14/h4-6,11,13-14,27H,7-9H2,1-3H3,(H,28,32)/t11-,13+,14+/m0/s1. The van der Waals surface area contributed by atoms with Crippen molar-refractivity contribution in [3.05, 3.63) is 24.1 Å². The van der Waals surface area contributed by atoms with Crippen molar-refractivity contribution in [3.8, 4) is 10.7 Å². The maximum Gasteiger partial charge on any atom is 0.446 e. The van der Waals surface area contributed by atoms with Gasteiger partial charge in [-0.05, 0) is 38.1 Å². The predicted octanol–water partition coefficient (Wildman–Crippen LogP) is 5.58. The molecule has 0 radical (unpaired) electrons. The molecule has 8 nitrogen and oxygen atoms in total. The predicted molar refractivity (Wildman–Crippen MR) is 128 cm³/mol. The summed E-state index contributed by atoms with van der Waals surface area (Å²) in [5.41, 5.74) is -4.57. The summed E-state index contributed by atoms with van der Waals surface area (Å²) >= 11 is 0.816. The molecule has 194 valence electrons. The molecule has 0 aliphatic carbocycles. The van der Waals surface area contributed by atoms with Crippen molar-refractivity contribution >= 4 is 44.9 Å². The minimum atomic E-state index is -4.56. The molecule has 0 bridgehead atoms. The average Bonchev–Trinajstić information content (AvgIpc) is 3.48. The number of thioether (sulfide) groups is 1. The molecule has 1 aromatic carbocycles. The highest BCUT2D eigenvalue weighted by Crippen LogP contribution is 2.51. The number of nitrogens with one attached hydrogen (secondary N) is 2. The lowest BCUT2D eigenvalue weighted by Gasteiger charge is -2.38. The molecule has 14 heteroatoms. The highest BCUT2D eigenvalue weighted by molar-refractivity contribution is 8.00. The summed E-state index contributed by atoms with van der Waals surface area (Å²) < 4.78 is 66.7. The fourth-order valence-electron chi connectivity index (χ4n) is 4.32. The summed E-state index contributed by atoms with van der Waals surface area (Å²) in [4.78, 5) is 17.6. The number of amides is 2. The number of halogens is 4. The van der Waals surface area contributed by atoms with Gasteiger partial charge < -0.3 is 24.8 Å². The van der Waals surface area contributed by atoms with E-state index in [1.807, 2.05) is 13.8 Å². The largest absolute Gasteiger partial charge is 0.446 e. The number of aromatic nitrogens is 2. The first-order valence-electron chi connectivity index (χ1n) is 11.1. The van der Waals surface area contributed by atoms with Crippen LogP contribution in [0.4, 0.5) is 28.0 Å². The van der Waals surface area contributed by atoms with Gasteiger partial charge in [0, 0.05) is 17.3 Å². The van der Waals surface area contributed by atoms with Gasteiger partial charge >= 0.3 is 11.5 Å². The number of benzene rings is 1. The van der Waals surface area contributed by atoms with Gasteiger partial charge in [-0.1, -0.05) is 17.3 Å². The number of carbonyl (C=O) groups excluding carboxylic acids is 1. The molecule has 5 rings (SSSR count). The van der Waals surface area contributed by atoms with Gasteiger partial charge in [0.25, 0.3) is 5.89 Å². The smallest absolute Gasteiger partial charge is 0.378 e. The Morgan fingerprint density at radius 2 is 2.11 bits per heavy atom. The first-order valence-corrected chi connectivity index (χ1v) is 12.7. The molecule has 36 heavy (non-hydrogen) atoms. The molecule has 2 aromatic heterocycles. The van der Waals surface area contributed by atoms with Crippen LogP contribution in [0.15, 0.2) is 27.6 Å². The fourth-order valence-corrected chi connectivity index (χ4v) is 6.43. The molecule has 2 aliphatic heterocycles. The third-order valence-corrected chi connectivity index (χ3v) is 8.28. The van der Waals surface area contributed by atoms with E-state index < -0.39 is 29.4 Å². The van der Waals surface area contributed by atoms with Crippen LogP contribution in [0.5, 0.6) is 0 Å². The third-order valence-electron chi connectivity index (χ3n) is 6.05. The van der Waals surface area contributed by atoms with Crippen molar-refractivity contribution in [1.29, 1.82) is 0 Å². The van der Waals surface area contributed by atoms with Crippen LogP contribution in [-0.4, -0.2) is 64.6 Å². The number of urea groups is 1. The van der Waals surface area contributed by atoms with Gasteiger partial charge in [-0.25, -0.2) is 9.18 Å². The van der Waals surface area contributed by atoms with E-state index in [0.29, 0.717) is 22.2 Å². The van der Waals surface area contributed by atoms with Gasteiger partial charge in [-0.3, -0.25) is 0 Å². The van der Waals surface area contributed by atoms with Crippen LogP contribution in [-0.2, 0) is 4.74 Å². The zero-order valence-corrected chi connectivity index (χ0v) is 21.1. The van der Waals surface area contributed by atoms with E-state index in [1.165, 1.54) is 4.90 Å². The Hall–Kier alpha value is -2.58. The van der Waals surface area contributed by atoms with Gasteiger partial charge in [0.1, 0.15) is 12.2 Å². The van der Waals surface area contributed by atoms with Crippen molar-refractivity contribution in [2.75, 3.05) is 25.5 Å². The van der Waals surface area contributed by atoms with Gasteiger partial charge in [-0.2, -0.15) is 18.2 Å². The van der Waals surface area contributed by atoms with E-state index in [1.54, 1.807) is 25.2 Å². The summed E-state index contributed by atoms with van der Waals surface area (Å²) in [6.45, 7) is 3.96. The number of hydrogen-bond donors (Lipinski definition) is 2. The van der Waals surface area contributed by atoms with Gasteiger partial charge in [0.05, 0.1) is 40.1 Å². The van der Waals surface area contributed by atoms with Crippen LogP contribution >= 0.6 is 23.1 Å². The summed E-state index contributed by atoms with van der Waals surface area (Å²) in [5.74, 6) is 0.0921. The molecular weight excluding hydrogens is 522 g/mol. The molecule has 3 aromatic rings. The van der Waals surface area contributed by atoms with Crippen molar-refractivity contribution in [3.63, 3.8) is 0 Å². The Kier molecular flexibility index (Phi) is 6.32. The number of ether oxygens (including phenoxy) is 1. The molecule has 4 heterocycles. The molecule has 0 saturated carbocycles. The number of carbonyl (C=O) groups is 1. The number of thiophene rings is 1. The van der Waals surface area contributed by atoms with Crippen LogP contribution in [0.25, 0.3) is 20.8 Å². The number of fused-ring (bicyclic) bond motifs is 1. The number of anilines is 1. The lowest BCUT2D eigenvalue weighted by Crippen LogP contribution is -2.47.